The molecule has 1 heterocycles. The van der Waals surface area contributed by atoms with E-state index in [-0.39, 0.29) is 0 Å². The second kappa shape index (κ2) is 11.4. The van der Waals surface area contributed by atoms with Gasteiger partial charge in [0.15, 0.2) is 0 Å². The van der Waals surface area contributed by atoms with E-state index >= 15 is 0 Å². The SMILES string of the molecule is CCCCC1CCC(c2ccc(C#Cc3ncc(N=C=S)cc3Cl)c(CC)c2)CC1. The molecule has 1 fully saturated rings. The molecule has 0 N–H and O–H groups in total. The lowest BCUT2D eigenvalue weighted by atomic mass is 9.76. The molecule has 30 heavy (non-hydrogen) atoms. The van der Waals surface area contributed by atoms with E-state index in [9.17, 15) is 0 Å². The average Bonchev–Trinajstić information content (AvgIpc) is 2.77. The minimum atomic E-state index is 0.475. The van der Waals surface area contributed by atoms with Crippen molar-refractivity contribution in [3.63, 3.8) is 0 Å². The molecule has 0 aliphatic heterocycles. The molecule has 1 aliphatic rings. The van der Waals surface area contributed by atoms with Gasteiger partial charge in [0.25, 0.3) is 0 Å². The summed E-state index contributed by atoms with van der Waals surface area (Å²) in [5.74, 6) is 8.02. The van der Waals surface area contributed by atoms with Crippen molar-refractivity contribution in [1.29, 1.82) is 0 Å². The van der Waals surface area contributed by atoms with Gasteiger partial charge < -0.3 is 0 Å². The van der Waals surface area contributed by atoms with Crippen molar-refractivity contribution < 1.29 is 0 Å². The number of aromatic nitrogens is 1. The molecule has 156 valence electrons. The molecule has 1 aliphatic carbocycles. The third-order valence-electron chi connectivity index (χ3n) is 6.11. The fraction of sp³-hybridized carbons (Fsp3) is 0.462. The van der Waals surface area contributed by atoms with Gasteiger partial charge in [-0.25, -0.2) is 4.98 Å². The van der Waals surface area contributed by atoms with E-state index in [1.165, 1.54) is 56.1 Å². The summed E-state index contributed by atoms with van der Waals surface area (Å²) in [7, 11) is 0. The Kier molecular flexibility index (Phi) is 8.64. The molecule has 0 radical (unpaired) electrons. The fourth-order valence-corrected chi connectivity index (χ4v) is 4.63. The molecular formula is C26H29ClN2S. The minimum absolute atomic E-state index is 0.475. The molecule has 0 atom stereocenters. The molecule has 0 bridgehead atoms. The van der Waals surface area contributed by atoms with Gasteiger partial charge in [-0.05, 0) is 85.3 Å². The number of benzene rings is 1. The van der Waals surface area contributed by atoms with Crippen LogP contribution in [0, 0.1) is 17.8 Å². The van der Waals surface area contributed by atoms with Crippen LogP contribution in [-0.2, 0) is 6.42 Å². The zero-order valence-corrected chi connectivity index (χ0v) is 19.5. The van der Waals surface area contributed by atoms with E-state index in [4.69, 9.17) is 11.6 Å². The van der Waals surface area contributed by atoms with Crippen LogP contribution in [0.4, 0.5) is 5.69 Å². The molecule has 4 heteroatoms. The first-order chi connectivity index (χ1) is 14.6. The van der Waals surface area contributed by atoms with Crippen molar-refractivity contribution in [3.05, 3.63) is 57.9 Å². The Labute approximate surface area is 191 Å². The number of nitrogens with zero attached hydrogens (tertiary/aromatic N) is 2. The Hall–Kier alpha value is -1.98. The highest BCUT2D eigenvalue weighted by Gasteiger charge is 2.22. The molecule has 1 aromatic heterocycles. The van der Waals surface area contributed by atoms with Crippen molar-refractivity contribution >= 4 is 34.7 Å². The molecule has 2 nitrogen and oxygen atoms in total. The monoisotopic (exact) mass is 436 g/mol. The highest BCUT2D eigenvalue weighted by Crippen LogP contribution is 2.38. The van der Waals surface area contributed by atoms with E-state index in [1.807, 2.05) is 0 Å². The second-order valence-corrected chi connectivity index (χ2v) is 8.70. The highest BCUT2D eigenvalue weighted by atomic mass is 35.5. The number of hydrogen-bond acceptors (Lipinski definition) is 3. The number of rotatable bonds is 6. The Morgan fingerprint density at radius 3 is 2.60 bits per heavy atom. The molecule has 0 spiro atoms. The number of aliphatic imine (C=N–C) groups is 1. The summed E-state index contributed by atoms with van der Waals surface area (Å²) in [6, 6.07) is 8.52. The smallest absolute Gasteiger partial charge is 0.132 e. The first kappa shape index (κ1) is 22.7. The van der Waals surface area contributed by atoms with Gasteiger partial charge in [0, 0.05) is 5.56 Å². The molecular weight excluding hydrogens is 408 g/mol. The van der Waals surface area contributed by atoms with Crippen LogP contribution in [0.15, 0.2) is 35.5 Å². The van der Waals surface area contributed by atoms with Crippen LogP contribution in [0.1, 0.15) is 87.1 Å². The number of isothiocyanates is 1. The average molecular weight is 437 g/mol. The first-order valence-electron chi connectivity index (χ1n) is 11.0. The number of pyridine rings is 1. The summed E-state index contributed by atoms with van der Waals surface area (Å²) < 4.78 is 0. The standard InChI is InChI=1S/C26H29ClN2S/c1-3-5-6-19-7-9-22(10-8-19)23-12-11-21(20(4-2)15-23)13-14-26-25(27)16-24(17-28-26)29-18-30/h11-12,15-17,19,22H,3-10H2,1-2H3. The third kappa shape index (κ3) is 6.02. The lowest BCUT2D eigenvalue weighted by Gasteiger charge is -2.29. The second-order valence-electron chi connectivity index (χ2n) is 8.11. The Morgan fingerprint density at radius 1 is 1.13 bits per heavy atom. The van der Waals surface area contributed by atoms with Gasteiger partial charge in [0.1, 0.15) is 5.69 Å². The van der Waals surface area contributed by atoms with Crippen LogP contribution >= 0.6 is 23.8 Å². The van der Waals surface area contributed by atoms with Crippen LogP contribution < -0.4 is 0 Å². The van der Waals surface area contributed by atoms with Crippen LogP contribution in [0.3, 0.4) is 0 Å². The lowest BCUT2D eigenvalue weighted by molar-refractivity contribution is 0.304. The van der Waals surface area contributed by atoms with Crippen molar-refractivity contribution in [3.8, 4) is 11.8 Å². The van der Waals surface area contributed by atoms with Crippen molar-refractivity contribution in [2.45, 2.75) is 71.1 Å². The maximum Gasteiger partial charge on any atom is 0.132 e. The zero-order valence-electron chi connectivity index (χ0n) is 17.9. The normalized spacial score (nSPS) is 18.2. The van der Waals surface area contributed by atoms with E-state index in [0.717, 1.165) is 17.9 Å². The van der Waals surface area contributed by atoms with Crippen LogP contribution in [0.5, 0.6) is 0 Å². The maximum absolute atomic E-state index is 6.29. The number of unbranched alkanes of at least 4 members (excludes halogenated alkanes) is 1. The fourth-order valence-electron chi connectivity index (χ4n) is 4.32. The van der Waals surface area contributed by atoms with Gasteiger partial charge in [0.2, 0.25) is 0 Å². The third-order valence-corrected chi connectivity index (χ3v) is 6.49. The van der Waals surface area contributed by atoms with Gasteiger partial charge in [-0.1, -0.05) is 62.8 Å². The predicted octanol–water partition coefficient (Wildman–Crippen LogP) is 7.90. The number of hydrogen-bond donors (Lipinski definition) is 0. The van der Waals surface area contributed by atoms with Gasteiger partial charge in [-0.15, -0.1) is 0 Å². The van der Waals surface area contributed by atoms with Crippen LogP contribution in [0.25, 0.3) is 0 Å². The van der Waals surface area contributed by atoms with E-state index < -0.39 is 0 Å². The zero-order chi connectivity index (χ0) is 21.3. The summed E-state index contributed by atoms with van der Waals surface area (Å²) in [5.41, 5.74) is 4.97. The van der Waals surface area contributed by atoms with Crippen molar-refractivity contribution in [2.24, 2.45) is 10.9 Å². The van der Waals surface area contributed by atoms with Gasteiger partial charge in [-0.3, -0.25) is 0 Å². The maximum atomic E-state index is 6.29. The Bertz CT molecular complexity index is 974. The molecule has 0 unspecified atom stereocenters. The molecule has 0 saturated heterocycles. The quantitative estimate of drug-likeness (QED) is 0.261. The summed E-state index contributed by atoms with van der Waals surface area (Å²) in [6.45, 7) is 4.48. The van der Waals surface area contributed by atoms with E-state index in [0.29, 0.717) is 22.3 Å². The molecule has 3 rings (SSSR count). The molecule has 1 aromatic carbocycles. The number of aryl methyl sites for hydroxylation is 1. The predicted molar refractivity (Wildman–Crippen MR) is 130 cm³/mol. The van der Waals surface area contributed by atoms with Crippen LogP contribution in [0.2, 0.25) is 5.02 Å². The first-order valence-corrected chi connectivity index (χ1v) is 11.8. The topological polar surface area (TPSA) is 25.2 Å². The number of thiocarbonyl (C=S) groups is 1. The summed E-state index contributed by atoms with van der Waals surface area (Å²) >= 11 is 10.9. The Morgan fingerprint density at radius 2 is 1.93 bits per heavy atom. The molecule has 2 aromatic rings. The van der Waals surface area contributed by atoms with Gasteiger partial charge in [-0.2, -0.15) is 4.99 Å². The van der Waals surface area contributed by atoms with Crippen molar-refractivity contribution in [1.82, 2.24) is 4.98 Å². The lowest BCUT2D eigenvalue weighted by Crippen LogP contribution is -2.13. The van der Waals surface area contributed by atoms with Gasteiger partial charge in [0.05, 0.1) is 22.1 Å². The minimum Gasteiger partial charge on any atom is -0.244 e. The number of halogens is 1. The largest absolute Gasteiger partial charge is 0.244 e. The summed E-state index contributed by atoms with van der Waals surface area (Å²) in [5, 5.41) is 2.80. The summed E-state index contributed by atoms with van der Waals surface area (Å²) in [6.07, 6.45) is 12.1. The summed E-state index contributed by atoms with van der Waals surface area (Å²) in [4.78, 5) is 8.20. The van der Waals surface area contributed by atoms with Crippen molar-refractivity contribution in [2.75, 3.05) is 0 Å². The highest BCUT2D eigenvalue weighted by molar-refractivity contribution is 7.78. The van der Waals surface area contributed by atoms with E-state index in [1.54, 1.807) is 12.3 Å². The molecule has 1 saturated carbocycles. The van der Waals surface area contributed by atoms with Crippen LogP contribution in [-0.4, -0.2) is 10.1 Å². The molecule has 0 amide bonds. The van der Waals surface area contributed by atoms with Gasteiger partial charge >= 0.3 is 0 Å². The Balaban J connectivity index is 1.73. The van der Waals surface area contributed by atoms with E-state index in [2.05, 4.69) is 71.2 Å².